The molecule has 0 unspecified atom stereocenters. The van der Waals surface area contributed by atoms with Crippen LogP contribution in [0.1, 0.15) is 0 Å². The molecule has 0 amide bonds. The lowest BCUT2D eigenvalue weighted by Gasteiger charge is -2.26. The summed E-state index contributed by atoms with van der Waals surface area (Å²) >= 11 is 0. The van der Waals surface area contributed by atoms with E-state index in [4.69, 9.17) is 27.2 Å². The maximum atomic E-state index is 5.21. The topological polar surface area (TPSA) is 55.4 Å². The molecule has 0 fully saturated rings. The first kappa shape index (κ1) is 13.0. The highest BCUT2D eigenvalue weighted by Crippen LogP contribution is 2.11. The van der Waals surface area contributed by atoms with Crippen molar-refractivity contribution in [3.8, 4) is 0 Å². The molecule has 6 nitrogen and oxygen atoms in total. The second-order valence-electron chi connectivity index (χ2n) is 1.99. The first-order chi connectivity index (χ1) is 6.17. The van der Waals surface area contributed by atoms with E-state index in [1.54, 1.807) is 0 Å². The normalized spacial score (nSPS) is 12.5. The predicted octanol–water partition coefficient (Wildman–Crippen LogP) is -0.0458. The average Bonchev–Trinajstić information content (AvgIpc) is 2.21. The van der Waals surface area contributed by atoms with E-state index in [1.165, 1.54) is 35.5 Å². The van der Waals surface area contributed by atoms with E-state index < -0.39 is 15.5 Å². The van der Waals surface area contributed by atoms with Crippen molar-refractivity contribution in [2.75, 3.05) is 35.5 Å². The highest BCUT2D eigenvalue weighted by atomic mass is 28.4. The molecule has 0 bridgehead atoms. The zero-order valence-corrected chi connectivity index (χ0v) is 9.53. The van der Waals surface area contributed by atoms with Gasteiger partial charge in [0.15, 0.2) is 0 Å². The summed E-state index contributed by atoms with van der Waals surface area (Å²) in [6, 6.07) is 0. The van der Waals surface area contributed by atoms with Crippen molar-refractivity contribution in [1.29, 1.82) is 0 Å². The quantitative estimate of drug-likeness (QED) is 0.436. The van der Waals surface area contributed by atoms with Gasteiger partial charge in [0.25, 0.3) is 6.48 Å². The van der Waals surface area contributed by atoms with Gasteiger partial charge in [-0.3, -0.25) is 0 Å². The molecule has 0 aromatic heterocycles. The molecule has 0 aliphatic heterocycles. The summed E-state index contributed by atoms with van der Waals surface area (Å²) in [5.74, 6) is 0. The molecule has 0 radical (unpaired) electrons. The van der Waals surface area contributed by atoms with Gasteiger partial charge in [-0.15, -0.1) is 0 Å². The van der Waals surface area contributed by atoms with Crippen LogP contribution in [0.4, 0.5) is 0 Å². The molecule has 0 aromatic carbocycles. The van der Waals surface area contributed by atoms with Crippen LogP contribution >= 0.6 is 0 Å². The third-order valence-corrected chi connectivity index (χ3v) is 3.36. The molecular formula is C6H16O6Si. The van der Waals surface area contributed by atoms with Crippen molar-refractivity contribution >= 4 is 9.05 Å². The van der Waals surface area contributed by atoms with E-state index in [1.807, 2.05) is 0 Å². The maximum Gasteiger partial charge on any atom is 0.682 e. The molecule has 0 rings (SSSR count). The smallest absolute Gasteiger partial charge is 0.354 e. The third kappa shape index (κ3) is 3.69. The summed E-state index contributed by atoms with van der Waals surface area (Å²) in [6.45, 7) is -0.855. The summed E-state index contributed by atoms with van der Waals surface area (Å²) < 4.78 is 29.8. The molecule has 0 aliphatic rings. The fourth-order valence-electron chi connectivity index (χ4n) is 0.705. The predicted molar refractivity (Wildman–Crippen MR) is 45.7 cm³/mol. The zero-order valence-electron chi connectivity index (χ0n) is 8.53. The Labute approximate surface area is 79.1 Å². The van der Waals surface area contributed by atoms with Crippen molar-refractivity contribution in [3.63, 3.8) is 0 Å². The summed E-state index contributed by atoms with van der Waals surface area (Å²) in [6.07, 6.45) is 0. The lowest BCUT2D eigenvalue weighted by molar-refractivity contribution is -0.251. The summed E-state index contributed by atoms with van der Waals surface area (Å²) in [7, 11) is 4.10. The summed E-state index contributed by atoms with van der Waals surface area (Å²) in [4.78, 5) is 0. The van der Waals surface area contributed by atoms with Crippen LogP contribution in [-0.2, 0) is 27.2 Å². The first-order valence-corrected chi connectivity index (χ1v) is 5.20. The Balaban J connectivity index is 4.21. The van der Waals surface area contributed by atoms with E-state index in [9.17, 15) is 0 Å². The molecule has 0 saturated carbocycles. The van der Waals surface area contributed by atoms with E-state index in [-0.39, 0.29) is 0 Å². The van der Waals surface area contributed by atoms with Gasteiger partial charge in [0.05, 0.1) is 0 Å². The second kappa shape index (κ2) is 6.43. The monoisotopic (exact) mass is 212 g/mol. The van der Waals surface area contributed by atoms with Crippen LogP contribution < -0.4 is 0 Å². The van der Waals surface area contributed by atoms with E-state index >= 15 is 0 Å². The van der Waals surface area contributed by atoms with Gasteiger partial charge < -0.3 is 27.2 Å². The lowest BCUT2D eigenvalue weighted by Crippen LogP contribution is -2.49. The Bertz CT molecular complexity index is 116. The van der Waals surface area contributed by atoms with Gasteiger partial charge >= 0.3 is 9.05 Å². The van der Waals surface area contributed by atoms with E-state index in [0.717, 1.165) is 0 Å². The molecule has 13 heavy (non-hydrogen) atoms. The highest BCUT2D eigenvalue weighted by Gasteiger charge is 2.45. The maximum absolute atomic E-state index is 5.21. The van der Waals surface area contributed by atoms with Gasteiger partial charge in [-0.1, -0.05) is 0 Å². The summed E-state index contributed by atoms with van der Waals surface area (Å²) in [5, 5.41) is 0. The SMILES string of the molecule is COC(OC)O[Si](OC)(OC)OC. The summed E-state index contributed by atoms with van der Waals surface area (Å²) in [5.41, 5.74) is 0. The van der Waals surface area contributed by atoms with Gasteiger partial charge in [0.2, 0.25) is 0 Å². The Morgan fingerprint density at radius 1 is 0.769 bits per heavy atom. The highest BCUT2D eigenvalue weighted by molar-refractivity contribution is 6.53. The average molecular weight is 212 g/mol. The number of ether oxygens (including phenoxy) is 2. The van der Waals surface area contributed by atoms with Gasteiger partial charge in [-0.25, -0.2) is 0 Å². The van der Waals surface area contributed by atoms with Crippen molar-refractivity contribution in [3.05, 3.63) is 0 Å². The minimum atomic E-state index is -3.07. The van der Waals surface area contributed by atoms with Crippen molar-refractivity contribution in [2.45, 2.75) is 6.48 Å². The Morgan fingerprint density at radius 2 is 1.15 bits per heavy atom. The Hall–Kier alpha value is -0.0231. The molecule has 0 heterocycles. The Kier molecular flexibility index (Phi) is 6.42. The van der Waals surface area contributed by atoms with Crippen molar-refractivity contribution in [2.24, 2.45) is 0 Å². The van der Waals surface area contributed by atoms with Crippen LogP contribution in [0.25, 0.3) is 0 Å². The molecule has 0 spiro atoms. The largest absolute Gasteiger partial charge is 0.682 e. The van der Waals surface area contributed by atoms with Gasteiger partial charge in [0, 0.05) is 35.5 Å². The van der Waals surface area contributed by atoms with Crippen molar-refractivity contribution in [1.82, 2.24) is 0 Å². The van der Waals surface area contributed by atoms with Crippen LogP contribution in [0.5, 0.6) is 0 Å². The van der Waals surface area contributed by atoms with Crippen molar-refractivity contribution < 1.29 is 27.2 Å². The van der Waals surface area contributed by atoms with Crippen LogP contribution in [0.3, 0.4) is 0 Å². The molecule has 0 atom stereocenters. The molecular weight excluding hydrogens is 196 g/mol. The molecule has 80 valence electrons. The zero-order chi connectivity index (χ0) is 10.3. The molecule has 7 heteroatoms. The van der Waals surface area contributed by atoms with Gasteiger partial charge in [-0.05, 0) is 0 Å². The minimum Gasteiger partial charge on any atom is -0.354 e. The molecule has 0 saturated heterocycles. The van der Waals surface area contributed by atoms with Crippen LogP contribution in [0, 0.1) is 0 Å². The molecule has 0 N–H and O–H groups in total. The minimum absolute atomic E-state index is 0.855. The standard InChI is InChI=1S/C6H16O6Si/c1-7-6(8-2)12-13(9-3,10-4)11-5/h6H,1-5H3. The fraction of sp³-hybridized carbons (Fsp3) is 1.00. The van der Waals surface area contributed by atoms with Crippen LogP contribution in [-0.4, -0.2) is 51.1 Å². The molecule has 0 aromatic rings. The van der Waals surface area contributed by atoms with Gasteiger partial charge in [0.1, 0.15) is 0 Å². The fourth-order valence-corrected chi connectivity index (χ4v) is 1.92. The number of methoxy groups -OCH3 is 2. The second-order valence-corrected chi connectivity index (χ2v) is 4.45. The third-order valence-electron chi connectivity index (χ3n) is 1.38. The van der Waals surface area contributed by atoms with E-state index in [0.29, 0.717) is 0 Å². The first-order valence-electron chi connectivity index (χ1n) is 3.56. The number of rotatable bonds is 7. The van der Waals surface area contributed by atoms with Crippen LogP contribution in [0.15, 0.2) is 0 Å². The van der Waals surface area contributed by atoms with E-state index in [2.05, 4.69) is 0 Å². The Morgan fingerprint density at radius 3 is 1.38 bits per heavy atom. The van der Waals surface area contributed by atoms with Crippen LogP contribution in [0.2, 0.25) is 0 Å². The number of hydrogen-bond acceptors (Lipinski definition) is 6. The lowest BCUT2D eigenvalue weighted by atomic mass is 11.2. The molecule has 0 aliphatic carbocycles. The van der Waals surface area contributed by atoms with Gasteiger partial charge in [-0.2, -0.15) is 0 Å². The number of hydrogen-bond donors (Lipinski definition) is 0.